The van der Waals surface area contributed by atoms with Crippen LogP contribution in [-0.2, 0) is 28.1 Å². The fourth-order valence-electron chi connectivity index (χ4n) is 5.33. The third-order valence-corrected chi connectivity index (χ3v) is 12.6. The number of hydrogen-bond acceptors (Lipinski definition) is 6. The first-order chi connectivity index (χ1) is 21.0. The van der Waals surface area contributed by atoms with Crippen LogP contribution in [0, 0.1) is 0 Å². The van der Waals surface area contributed by atoms with Crippen molar-refractivity contribution in [2.45, 2.75) is 84.1 Å². The molecule has 0 heterocycles. The minimum absolute atomic E-state index is 0.0374. The van der Waals surface area contributed by atoms with Gasteiger partial charge in [-0.1, -0.05) is 133 Å². The average molecular weight is 617 g/mol. The van der Waals surface area contributed by atoms with Crippen molar-refractivity contribution in [1.82, 2.24) is 0 Å². The molecule has 0 aliphatic heterocycles. The van der Waals surface area contributed by atoms with E-state index in [1.807, 2.05) is 0 Å². The lowest BCUT2D eigenvalue weighted by atomic mass is 10.1. The number of benzene rings is 2. The smallest absolute Gasteiger partial charge is 0.261 e. The van der Waals surface area contributed by atoms with Crippen LogP contribution in [0.15, 0.2) is 60.7 Å². The van der Waals surface area contributed by atoms with Gasteiger partial charge in [0.2, 0.25) is 0 Å². The Morgan fingerprint density at radius 2 is 0.791 bits per heavy atom. The summed E-state index contributed by atoms with van der Waals surface area (Å²) in [5.74, 6) is 0. The highest BCUT2D eigenvalue weighted by molar-refractivity contribution is 6.99. The molecule has 6 nitrogen and oxygen atoms in total. The minimum atomic E-state index is -2.51. The van der Waals surface area contributed by atoms with Crippen LogP contribution in [0.1, 0.15) is 79.1 Å². The fraction of sp³-hybridized carbons (Fsp3) is 0.667. The Kier molecular flexibility index (Phi) is 20.8. The maximum absolute atomic E-state index is 6.85. The van der Waals surface area contributed by atoms with Crippen LogP contribution in [0.2, 0.25) is 5.04 Å². The lowest BCUT2D eigenvalue weighted by Gasteiger charge is -2.43. The molecule has 43 heavy (non-hydrogen) atoms. The highest BCUT2D eigenvalue weighted by Crippen LogP contribution is 2.36. The predicted octanol–water partition coefficient (Wildman–Crippen LogP) is 6.79. The van der Waals surface area contributed by atoms with Crippen molar-refractivity contribution in [3.8, 4) is 0 Å². The summed E-state index contributed by atoms with van der Waals surface area (Å²) >= 11 is 0. The van der Waals surface area contributed by atoms with Gasteiger partial charge in [0.25, 0.3) is 8.32 Å². The molecule has 0 amide bonds. The van der Waals surface area contributed by atoms with Crippen LogP contribution >= 0.6 is 0 Å². The molecule has 0 spiro atoms. The quantitative estimate of drug-likeness (QED) is 0.0814. The number of unbranched alkanes of at least 4 members (excludes halogenated alkanes) is 7. The second-order valence-electron chi connectivity index (χ2n) is 12.0. The summed E-state index contributed by atoms with van der Waals surface area (Å²) in [6.45, 7) is 15.6. The highest BCUT2D eigenvalue weighted by Gasteiger charge is 2.49. The zero-order chi connectivity index (χ0) is 30.9. The zero-order valence-electron chi connectivity index (χ0n) is 27.7. The summed E-state index contributed by atoms with van der Waals surface area (Å²) in [6.07, 6.45) is 10.6. The van der Waals surface area contributed by atoms with Gasteiger partial charge in [0.1, 0.15) is 0 Å². The van der Waals surface area contributed by atoms with Gasteiger partial charge >= 0.3 is 0 Å². The van der Waals surface area contributed by atoms with E-state index in [0.717, 1.165) is 13.0 Å². The number of ether oxygens (including phenoxy) is 5. The summed E-state index contributed by atoms with van der Waals surface area (Å²) in [4.78, 5) is 0. The van der Waals surface area contributed by atoms with E-state index in [2.05, 4.69) is 88.4 Å². The second kappa shape index (κ2) is 23.8. The Balaban J connectivity index is 1.45. The molecule has 0 N–H and O–H groups in total. The molecule has 0 unspecified atom stereocenters. The molecule has 0 bridgehead atoms. The van der Waals surface area contributed by atoms with Crippen LogP contribution in [0.25, 0.3) is 0 Å². The molecule has 7 heteroatoms. The Bertz CT molecular complexity index is 850. The van der Waals surface area contributed by atoms with Crippen LogP contribution in [0.3, 0.4) is 0 Å². The van der Waals surface area contributed by atoms with Gasteiger partial charge in [0.05, 0.1) is 66.1 Å². The Hall–Kier alpha value is -1.58. The van der Waals surface area contributed by atoms with Crippen molar-refractivity contribution >= 4 is 18.7 Å². The van der Waals surface area contributed by atoms with Gasteiger partial charge in [-0.2, -0.15) is 0 Å². The summed E-state index contributed by atoms with van der Waals surface area (Å²) in [7, 11) is -2.51. The van der Waals surface area contributed by atoms with Crippen molar-refractivity contribution in [3.63, 3.8) is 0 Å². The molecule has 2 aromatic carbocycles. The third-order valence-electron chi connectivity index (χ3n) is 7.59. The van der Waals surface area contributed by atoms with E-state index in [0.29, 0.717) is 66.1 Å². The lowest BCUT2D eigenvalue weighted by molar-refractivity contribution is -0.0130. The van der Waals surface area contributed by atoms with E-state index in [9.17, 15) is 0 Å². The van der Waals surface area contributed by atoms with Gasteiger partial charge in [-0.3, -0.25) is 0 Å². The maximum Gasteiger partial charge on any atom is 0.261 e. The first-order valence-corrected chi connectivity index (χ1v) is 18.6. The SMILES string of the molecule is CCCCCCCCCCOCCOCCOCCOCCOCCO[Si](c1ccccc1)(c1ccccc1)C(C)(C)C. The maximum atomic E-state index is 6.85. The molecule has 2 rings (SSSR count). The molecule has 0 aliphatic rings. The molecule has 0 aromatic heterocycles. The van der Waals surface area contributed by atoms with E-state index < -0.39 is 8.32 Å². The van der Waals surface area contributed by atoms with Crippen LogP contribution in [0.4, 0.5) is 0 Å². The van der Waals surface area contributed by atoms with E-state index in [1.165, 1.54) is 55.3 Å². The number of hydrogen-bond donors (Lipinski definition) is 0. The van der Waals surface area contributed by atoms with Crippen molar-refractivity contribution in [3.05, 3.63) is 60.7 Å². The van der Waals surface area contributed by atoms with Crippen molar-refractivity contribution < 1.29 is 28.1 Å². The summed E-state index contributed by atoms with van der Waals surface area (Å²) in [6, 6.07) is 21.4. The second-order valence-corrected chi connectivity index (χ2v) is 16.4. The van der Waals surface area contributed by atoms with Gasteiger partial charge in [0, 0.05) is 6.61 Å². The lowest BCUT2D eigenvalue weighted by Crippen LogP contribution is -2.66. The standard InChI is InChI=1S/C36H60O6Si/c1-5-6-7-8-9-10-11-18-23-37-24-25-38-26-27-39-28-29-40-30-31-41-32-33-42-43(36(2,3)4,34-19-14-12-15-20-34)35-21-16-13-17-22-35/h12-17,19-22H,5-11,18,23-33H2,1-4H3. The van der Waals surface area contributed by atoms with Crippen LogP contribution < -0.4 is 10.4 Å². The molecule has 0 saturated heterocycles. The molecule has 0 saturated carbocycles. The largest absolute Gasteiger partial charge is 0.405 e. The molecular weight excluding hydrogens is 556 g/mol. The third kappa shape index (κ3) is 15.3. The normalized spacial score (nSPS) is 12.2. The zero-order valence-corrected chi connectivity index (χ0v) is 28.7. The number of rotatable bonds is 27. The summed E-state index contributed by atoms with van der Waals surface area (Å²) in [5.41, 5.74) is 0. The molecule has 0 fully saturated rings. The van der Waals surface area contributed by atoms with E-state index in [4.69, 9.17) is 28.1 Å². The van der Waals surface area contributed by atoms with Crippen molar-refractivity contribution in [2.75, 3.05) is 72.7 Å². The molecular formula is C36H60O6Si. The Morgan fingerprint density at radius 3 is 1.19 bits per heavy atom. The Morgan fingerprint density at radius 1 is 0.442 bits per heavy atom. The van der Waals surface area contributed by atoms with E-state index in [1.54, 1.807) is 0 Å². The topological polar surface area (TPSA) is 55.4 Å². The monoisotopic (exact) mass is 616 g/mol. The van der Waals surface area contributed by atoms with Crippen molar-refractivity contribution in [1.29, 1.82) is 0 Å². The van der Waals surface area contributed by atoms with Crippen LogP contribution in [-0.4, -0.2) is 81.0 Å². The van der Waals surface area contributed by atoms with Gasteiger partial charge < -0.3 is 28.1 Å². The molecule has 2 aromatic rings. The molecule has 244 valence electrons. The Labute approximate surface area is 263 Å². The minimum Gasteiger partial charge on any atom is -0.405 e. The van der Waals surface area contributed by atoms with Crippen LogP contribution in [0.5, 0.6) is 0 Å². The van der Waals surface area contributed by atoms with Gasteiger partial charge in [-0.05, 0) is 21.8 Å². The molecule has 0 aliphatic carbocycles. The molecule has 0 atom stereocenters. The van der Waals surface area contributed by atoms with Crippen molar-refractivity contribution in [2.24, 2.45) is 0 Å². The van der Waals surface area contributed by atoms with E-state index >= 15 is 0 Å². The average Bonchev–Trinajstić information content (AvgIpc) is 3.01. The van der Waals surface area contributed by atoms with Gasteiger partial charge in [0.15, 0.2) is 0 Å². The predicted molar refractivity (Wildman–Crippen MR) is 180 cm³/mol. The van der Waals surface area contributed by atoms with Gasteiger partial charge in [-0.25, -0.2) is 0 Å². The summed E-state index contributed by atoms with van der Waals surface area (Å²) in [5, 5.41) is 2.53. The first kappa shape index (κ1) is 37.6. The summed E-state index contributed by atoms with van der Waals surface area (Å²) < 4.78 is 35.2. The van der Waals surface area contributed by atoms with Gasteiger partial charge in [-0.15, -0.1) is 0 Å². The molecule has 0 radical (unpaired) electrons. The first-order valence-electron chi connectivity index (χ1n) is 16.7. The highest BCUT2D eigenvalue weighted by atomic mass is 28.4. The fourth-order valence-corrected chi connectivity index (χ4v) is 9.88. The van der Waals surface area contributed by atoms with E-state index in [-0.39, 0.29) is 5.04 Å².